The number of nitro benzene ring substituents is 1. The van der Waals surface area contributed by atoms with Crippen molar-refractivity contribution in [3.8, 4) is 16.3 Å². The van der Waals surface area contributed by atoms with Crippen LogP contribution in [-0.4, -0.2) is 46.1 Å². The summed E-state index contributed by atoms with van der Waals surface area (Å²) in [5.74, 6) is 0.922. The fourth-order valence-electron chi connectivity index (χ4n) is 3.57. The number of non-ortho nitro benzene ring substituents is 1. The molecule has 4 rings (SSSR count). The van der Waals surface area contributed by atoms with Gasteiger partial charge in [0.25, 0.3) is 11.6 Å². The molecule has 1 aromatic heterocycles. The van der Waals surface area contributed by atoms with Crippen LogP contribution in [0.25, 0.3) is 10.6 Å². The van der Waals surface area contributed by atoms with Gasteiger partial charge in [0.15, 0.2) is 5.01 Å². The Morgan fingerprint density at radius 3 is 2.50 bits per heavy atom. The first-order valence-electron chi connectivity index (χ1n) is 9.57. The Morgan fingerprint density at radius 2 is 1.83 bits per heavy atom. The summed E-state index contributed by atoms with van der Waals surface area (Å²) < 4.78 is 5.41. The molecule has 30 heavy (non-hydrogen) atoms. The average molecular weight is 424 g/mol. The summed E-state index contributed by atoms with van der Waals surface area (Å²) in [5, 5.41) is 21.3. The number of rotatable bonds is 5. The largest absolute Gasteiger partial charge is 0.496 e. The van der Waals surface area contributed by atoms with Gasteiger partial charge in [0, 0.05) is 36.7 Å². The van der Waals surface area contributed by atoms with Crippen LogP contribution in [-0.2, 0) is 0 Å². The number of methoxy groups -OCH3 is 1. The maximum absolute atomic E-state index is 12.7. The van der Waals surface area contributed by atoms with Crippen LogP contribution < -0.4 is 4.74 Å². The van der Waals surface area contributed by atoms with Gasteiger partial charge < -0.3 is 9.64 Å². The molecule has 3 aromatic rings. The van der Waals surface area contributed by atoms with Crippen LogP contribution in [0.3, 0.4) is 0 Å². The van der Waals surface area contributed by atoms with Gasteiger partial charge in [-0.15, -0.1) is 10.2 Å². The van der Waals surface area contributed by atoms with Gasteiger partial charge in [-0.05, 0) is 37.1 Å². The van der Waals surface area contributed by atoms with Crippen molar-refractivity contribution in [2.75, 3.05) is 20.2 Å². The second-order valence-electron chi connectivity index (χ2n) is 7.02. The van der Waals surface area contributed by atoms with Crippen LogP contribution in [0.2, 0.25) is 0 Å². The number of carbonyl (C=O) groups excluding carboxylic acids is 1. The molecule has 1 amide bonds. The Labute approximate surface area is 177 Å². The van der Waals surface area contributed by atoms with Crippen molar-refractivity contribution in [3.05, 3.63) is 69.2 Å². The fraction of sp³-hybridized carbons (Fsp3) is 0.286. The maximum atomic E-state index is 12.7. The third-order valence-electron chi connectivity index (χ3n) is 5.23. The normalized spacial score (nSPS) is 14.5. The lowest BCUT2D eigenvalue weighted by Gasteiger charge is -2.31. The van der Waals surface area contributed by atoms with Gasteiger partial charge in [-0.1, -0.05) is 23.5 Å². The van der Waals surface area contributed by atoms with Gasteiger partial charge in [0.05, 0.1) is 17.6 Å². The number of carbonyl (C=O) groups is 1. The summed E-state index contributed by atoms with van der Waals surface area (Å²) in [6.07, 6.45) is 1.61. The first-order valence-corrected chi connectivity index (χ1v) is 10.4. The van der Waals surface area contributed by atoms with E-state index in [1.807, 2.05) is 24.3 Å². The zero-order chi connectivity index (χ0) is 21.1. The minimum Gasteiger partial charge on any atom is -0.496 e. The van der Waals surface area contributed by atoms with E-state index in [0.29, 0.717) is 18.7 Å². The van der Waals surface area contributed by atoms with Gasteiger partial charge in [-0.25, -0.2) is 0 Å². The lowest BCUT2D eigenvalue weighted by molar-refractivity contribution is -0.384. The van der Waals surface area contributed by atoms with Gasteiger partial charge in [0.1, 0.15) is 10.8 Å². The van der Waals surface area contributed by atoms with Crippen LogP contribution in [0.15, 0.2) is 48.5 Å². The first kappa shape index (κ1) is 20.0. The van der Waals surface area contributed by atoms with Gasteiger partial charge in [0.2, 0.25) is 0 Å². The molecule has 2 heterocycles. The highest BCUT2D eigenvalue weighted by molar-refractivity contribution is 7.14. The zero-order valence-corrected chi connectivity index (χ0v) is 17.2. The molecular weight excluding hydrogens is 404 g/mol. The van der Waals surface area contributed by atoms with Crippen LogP contribution >= 0.6 is 11.3 Å². The van der Waals surface area contributed by atoms with Crippen molar-refractivity contribution in [2.24, 2.45) is 0 Å². The van der Waals surface area contributed by atoms with E-state index in [1.54, 1.807) is 23.3 Å². The third kappa shape index (κ3) is 4.02. The first-order chi connectivity index (χ1) is 14.6. The molecular formula is C21H20N4O4S. The maximum Gasteiger partial charge on any atom is 0.269 e. The quantitative estimate of drug-likeness (QED) is 0.451. The Morgan fingerprint density at radius 1 is 1.13 bits per heavy atom. The summed E-state index contributed by atoms with van der Waals surface area (Å²) in [6.45, 7) is 1.23. The lowest BCUT2D eigenvalue weighted by Crippen LogP contribution is -2.37. The molecule has 2 aromatic carbocycles. The van der Waals surface area contributed by atoms with Crippen molar-refractivity contribution in [1.82, 2.24) is 15.1 Å². The molecule has 9 heteroatoms. The number of nitro groups is 1. The number of amides is 1. The Kier molecular flexibility index (Phi) is 5.71. The standard InChI is InChI=1S/C21H20N4O4S/c1-29-18-5-3-2-4-17(18)20-23-22-19(30-20)14-10-12-24(13-11-14)21(26)15-6-8-16(9-7-15)25(27)28/h2-9,14H,10-13H2,1H3. The van der Waals surface area contributed by atoms with E-state index in [2.05, 4.69) is 10.2 Å². The molecule has 1 aliphatic heterocycles. The molecule has 8 nitrogen and oxygen atoms in total. The van der Waals surface area contributed by atoms with Crippen molar-refractivity contribution in [3.63, 3.8) is 0 Å². The molecule has 1 aliphatic rings. The van der Waals surface area contributed by atoms with E-state index in [9.17, 15) is 14.9 Å². The topological polar surface area (TPSA) is 98.5 Å². The second kappa shape index (κ2) is 8.58. The molecule has 1 saturated heterocycles. The smallest absolute Gasteiger partial charge is 0.269 e. The Balaban J connectivity index is 1.41. The third-order valence-corrected chi connectivity index (χ3v) is 6.35. The monoisotopic (exact) mass is 424 g/mol. The molecule has 1 fully saturated rings. The van der Waals surface area contributed by atoms with Crippen LogP contribution in [0, 0.1) is 10.1 Å². The van der Waals surface area contributed by atoms with E-state index >= 15 is 0 Å². The number of benzene rings is 2. The zero-order valence-electron chi connectivity index (χ0n) is 16.4. The Bertz CT molecular complexity index is 1060. The van der Waals surface area contributed by atoms with E-state index in [4.69, 9.17) is 4.74 Å². The molecule has 0 N–H and O–H groups in total. The van der Waals surface area contributed by atoms with E-state index in [1.165, 1.54) is 24.3 Å². The minimum absolute atomic E-state index is 0.0209. The van der Waals surface area contributed by atoms with Gasteiger partial charge in [-0.2, -0.15) is 0 Å². The van der Waals surface area contributed by atoms with Crippen LogP contribution in [0.4, 0.5) is 5.69 Å². The molecule has 0 saturated carbocycles. The van der Waals surface area contributed by atoms with E-state index < -0.39 is 4.92 Å². The predicted octanol–water partition coefficient (Wildman–Crippen LogP) is 4.14. The highest BCUT2D eigenvalue weighted by Crippen LogP contribution is 2.36. The van der Waals surface area contributed by atoms with Crippen LogP contribution in [0.1, 0.15) is 34.1 Å². The number of hydrogen-bond donors (Lipinski definition) is 0. The molecule has 154 valence electrons. The number of hydrogen-bond acceptors (Lipinski definition) is 7. The summed E-state index contributed by atoms with van der Waals surface area (Å²) in [6, 6.07) is 13.5. The summed E-state index contributed by atoms with van der Waals surface area (Å²) in [4.78, 5) is 24.8. The molecule has 0 unspecified atom stereocenters. The SMILES string of the molecule is COc1ccccc1-c1nnc(C2CCN(C(=O)c3ccc([N+](=O)[O-])cc3)CC2)s1. The lowest BCUT2D eigenvalue weighted by atomic mass is 9.97. The van der Waals surface area contributed by atoms with Crippen molar-refractivity contribution in [2.45, 2.75) is 18.8 Å². The fourth-order valence-corrected chi connectivity index (χ4v) is 4.61. The average Bonchev–Trinajstić information content (AvgIpc) is 3.29. The number of aromatic nitrogens is 2. The summed E-state index contributed by atoms with van der Waals surface area (Å²) >= 11 is 1.56. The van der Waals surface area contributed by atoms with Crippen molar-refractivity contribution >= 4 is 22.9 Å². The number of nitrogens with zero attached hydrogens (tertiary/aromatic N) is 4. The molecule has 0 atom stereocenters. The molecule has 0 bridgehead atoms. The van der Waals surface area contributed by atoms with Gasteiger partial charge in [-0.3, -0.25) is 14.9 Å². The molecule has 0 spiro atoms. The van der Waals surface area contributed by atoms with E-state index in [-0.39, 0.29) is 17.5 Å². The molecule has 0 aliphatic carbocycles. The minimum atomic E-state index is -0.471. The number of para-hydroxylation sites is 1. The van der Waals surface area contributed by atoms with E-state index in [0.717, 1.165) is 34.2 Å². The van der Waals surface area contributed by atoms with Crippen LogP contribution in [0.5, 0.6) is 5.75 Å². The highest BCUT2D eigenvalue weighted by Gasteiger charge is 2.27. The Hall–Kier alpha value is -3.33. The summed E-state index contributed by atoms with van der Waals surface area (Å²) in [5.41, 5.74) is 1.37. The number of ether oxygens (including phenoxy) is 1. The predicted molar refractivity (Wildman–Crippen MR) is 113 cm³/mol. The second-order valence-corrected chi connectivity index (χ2v) is 8.03. The van der Waals surface area contributed by atoms with Crippen molar-refractivity contribution < 1.29 is 14.5 Å². The van der Waals surface area contributed by atoms with Gasteiger partial charge >= 0.3 is 0 Å². The highest BCUT2D eigenvalue weighted by atomic mass is 32.1. The summed E-state index contributed by atoms with van der Waals surface area (Å²) in [7, 11) is 1.64. The molecule has 0 radical (unpaired) electrons. The number of likely N-dealkylation sites (tertiary alicyclic amines) is 1. The number of piperidine rings is 1. The van der Waals surface area contributed by atoms with Crippen molar-refractivity contribution in [1.29, 1.82) is 0 Å².